The number of carbonyl (C=O) groups is 4. The van der Waals surface area contributed by atoms with Crippen molar-refractivity contribution in [2.75, 3.05) is 13.7 Å². The fraction of sp³-hybridized carbons (Fsp3) is 0.373. The van der Waals surface area contributed by atoms with Crippen LogP contribution in [0.5, 0.6) is 0 Å². The molecule has 67 heavy (non-hydrogen) atoms. The molecule has 2 aliphatic heterocycles. The van der Waals surface area contributed by atoms with Crippen LogP contribution in [0.4, 0.5) is 0 Å². The molecule has 2 aliphatic rings. The number of hydrogen-bond donors (Lipinski definition) is 3. The van der Waals surface area contributed by atoms with Gasteiger partial charge in [0.1, 0.15) is 29.0 Å². The molecule has 0 radical (unpaired) electrons. The van der Waals surface area contributed by atoms with Gasteiger partial charge in [-0.05, 0) is 86.4 Å². The molecule has 3 aromatic carbocycles. The molecular formula is C51H56N8O6S2. The first-order valence-corrected chi connectivity index (χ1v) is 24.0. The molecule has 0 saturated carbocycles. The molecule has 8 rings (SSSR count). The summed E-state index contributed by atoms with van der Waals surface area (Å²) in [6.45, 7) is 17.3. The minimum Gasteiger partial charge on any atom is -0.469 e. The van der Waals surface area contributed by atoms with Gasteiger partial charge < -0.3 is 25.4 Å². The Hall–Kier alpha value is -6.36. The van der Waals surface area contributed by atoms with Crippen molar-refractivity contribution >= 4 is 52.1 Å². The third-order valence-electron chi connectivity index (χ3n) is 12.8. The number of aliphatic hydroxyl groups excluding tert-OH is 1. The van der Waals surface area contributed by atoms with Crippen LogP contribution in [-0.4, -0.2) is 91.0 Å². The monoisotopic (exact) mass is 940 g/mol. The average Bonchev–Trinajstić information content (AvgIpc) is 4.07. The zero-order chi connectivity index (χ0) is 48.1. The fourth-order valence-electron chi connectivity index (χ4n) is 8.91. The van der Waals surface area contributed by atoms with Gasteiger partial charge in [-0.15, -0.1) is 32.9 Å². The molecule has 1 saturated heterocycles. The van der Waals surface area contributed by atoms with Crippen molar-refractivity contribution in [3.63, 3.8) is 0 Å². The third kappa shape index (κ3) is 9.34. The largest absolute Gasteiger partial charge is 0.469 e. The van der Waals surface area contributed by atoms with Crippen LogP contribution in [0.25, 0.3) is 26.6 Å². The van der Waals surface area contributed by atoms with Crippen molar-refractivity contribution in [2.24, 2.45) is 10.4 Å². The predicted molar refractivity (Wildman–Crippen MR) is 261 cm³/mol. The van der Waals surface area contributed by atoms with E-state index < -0.39 is 47.4 Å². The first kappa shape index (κ1) is 47.1. The Labute approximate surface area is 398 Å². The molecule has 348 valence electrons. The van der Waals surface area contributed by atoms with E-state index in [1.807, 2.05) is 119 Å². The van der Waals surface area contributed by atoms with Gasteiger partial charge in [-0.3, -0.25) is 28.7 Å². The van der Waals surface area contributed by atoms with Crippen molar-refractivity contribution in [3.05, 3.63) is 128 Å². The van der Waals surface area contributed by atoms with E-state index in [-0.39, 0.29) is 31.3 Å². The fourth-order valence-corrected chi connectivity index (χ4v) is 10.9. The second-order valence-corrected chi connectivity index (χ2v) is 20.6. The molecule has 0 aliphatic carbocycles. The summed E-state index contributed by atoms with van der Waals surface area (Å²) in [5.41, 5.74) is 10.6. The second-order valence-electron chi connectivity index (χ2n) is 18.6. The number of ether oxygens (including phenoxy) is 1. The number of fused-ring (bicyclic) bond motifs is 3. The number of nitrogens with zero attached hydrogens (tertiary/aromatic N) is 6. The van der Waals surface area contributed by atoms with Crippen LogP contribution in [-0.2, 0) is 19.1 Å². The van der Waals surface area contributed by atoms with E-state index >= 15 is 0 Å². The SMILES string of the molecule is COC(=O)C[C@@H]1N=C(c2ccc(-c3ccc(C(=O)NC(C(=O)N4C[C@H](O)C[C@H]4C(=O)N[C@@H](C)c4ccc(-c5scnc5C)cc4)C(C)(C)C)c(C)c3)cc2)c2c(sc(C)c2C)-n2c(C)nnc21. The van der Waals surface area contributed by atoms with Crippen LogP contribution in [0.3, 0.4) is 0 Å². The van der Waals surface area contributed by atoms with Gasteiger partial charge >= 0.3 is 5.97 Å². The van der Waals surface area contributed by atoms with Gasteiger partial charge in [-0.1, -0.05) is 81.4 Å². The standard InChI is InChI=1S/C51H56N8O6S2/c1-26-21-36(33-13-15-34(16-14-33)43-42-27(2)30(5)67-50(42)59-31(6)56-57-46(59)39(54-43)23-41(61)65-10)19-20-38(26)47(62)55-45(51(7,8)9)49(64)58-24-37(60)22-40(58)48(63)53-28(3)32-11-17-35(18-12-32)44-29(4)52-25-66-44/h11-21,25,28,37,39-40,45,60H,22-24H2,1-10H3,(H,53,63)(H,55,62)/t28-,37+,39-,40-,45?/m0/s1. The lowest BCUT2D eigenvalue weighted by Crippen LogP contribution is -2.57. The average molecular weight is 941 g/mol. The Morgan fingerprint density at radius 1 is 0.896 bits per heavy atom. The van der Waals surface area contributed by atoms with E-state index in [2.05, 4.69) is 39.7 Å². The third-order valence-corrected chi connectivity index (χ3v) is 15.0. The van der Waals surface area contributed by atoms with Gasteiger partial charge in [-0.25, -0.2) is 4.98 Å². The number of rotatable bonds is 11. The van der Waals surface area contributed by atoms with Crippen molar-refractivity contribution in [1.82, 2.24) is 35.3 Å². The summed E-state index contributed by atoms with van der Waals surface area (Å²) in [6.07, 6.45) is -0.798. The number of aliphatic hydroxyl groups is 1. The highest BCUT2D eigenvalue weighted by Gasteiger charge is 2.45. The van der Waals surface area contributed by atoms with Crippen LogP contribution < -0.4 is 10.6 Å². The zero-order valence-electron chi connectivity index (χ0n) is 39.4. The number of esters is 1. The molecule has 3 aromatic heterocycles. The normalized spacial score (nSPS) is 17.7. The maximum atomic E-state index is 14.4. The summed E-state index contributed by atoms with van der Waals surface area (Å²) in [4.78, 5) is 68.1. The molecule has 5 heterocycles. The lowest BCUT2D eigenvalue weighted by atomic mass is 9.85. The highest BCUT2D eigenvalue weighted by Crippen LogP contribution is 2.40. The topological polar surface area (TPSA) is 181 Å². The number of carbonyl (C=O) groups excluding carboxylic acids is 4. The minimum atomic E-state index is -0.998. The summed E-state index contributed by atoms with van der Waals surface area (Å²) >= 11 is 3.22. The lowest BCUT2D eigenvalue weighted by molar-refractivity contribution is -0.142. The van der Waals surface area contributed by atoms with E-state index in [1.165, 1.54) is 12.0 Å². The number of thiophene rings is 1. The Morgan fingerprint density at radius 2 is 1.57 bits per heavy atom. The van der Waals surface area contributed by atoms with Crippen molar-refractivity contribution in [3.8, 4) is 26.6 Å². The number of β-amino-alcohol motifs (C(OH)–C–C–N with tert-alkyl or cyclic N) is 1. The van der Waals surface area contributed by atoms with Gasteiger partial charge in [0.2, 0.25) is 11.8 Å². The first-order chi connectivity index (χ1) is 31.8. The number of benzene rings is 3. The maximum absolute atomic E-state index is 14.4. The Balaban J connectivity index is 0.983. The van der Waals surface area contributed by atoms with Gasteiger partial charge in [-0.2, -0.15) is 0 Å². The van der Waals surface area contributed by atoms with E-state index in [9.17, 15) is 24.3 Å². The molecule has 1 unspecified atom stereocenters. The molecule has 14 nitrogen and oxygen atoms in total. The highest BCUT2D eigenvalue weighted by atomic mass is 32.1. The number of aromatic nitrogens is 4. The number of thiazole rings is 1. The van der Waals surface area contributed by atoms with E-state index in [1.54, 1.807) is 28.7 Å². The second kappa shape index (κ2) is 18.7. The molecule has 3 amide bonds. The molecule has 3 N–H and O–H groups in total. The Bertz CT molecular complexity index is 2910. The first-order valence-electron chi connectivity index (χ1n) is 22.3. The van der Waals surface area contributed by atoms with E-state index in [0.717, 1.165) is 65.1 Å². The van der Waals surface area contributed by atoms with Gasteiger partial charge in [0, 0.05) is 34.5 Å². The molecule has 6 aromatic rings. The number of aryl methyl sites for hydroxylation is 4. The van der Waals surface area contributed by atoms with Gasteiger partial charge in [0.15, 0.2) is 5.82 Å². The maximum Gasteiger partial charge on any atom is 0.308 e. The quantitative estimate of drug-likeness (QED) is 0.108. The molecule has 0 bridgehead atoms. The highest BCUT2D eigenvalue weighted by molar-refractivity contribution is 7.15. The lowest BCUT2D eigenvalue weighted by Gasteiger charge is -2.35. The number of likely N-dealkylation sites (tertiary alicyclic amines) is 1. The van der Waals surface area contributed by atoms with E-state index in [4.69, 9.17) is 9.73 Å². The minimum absolute atomic E-state index is 0.0109. The van der Waals surface area contributed by atoms with Crippen LogP contribution in [0.1, 0.15) is 113 Å². The van der Waals surface area contributed by atoms with Crippen LogP contribution >= 0.6 is 22.7 Å². The summed E-state index contributed by atoms with van der Waals surface area (Å²) in [6, 6.07) is 18.7. The van der Waals surface area contributed by atoms with Gasteiger partial charge in [0.05, 0.1) is 47.5 Å². The summed E-state index contributed by atoms with van der Waals surface area (Å²) < 4.78 is 7.04. The van der Waals surface area contributed by atoms with Crippen molar-refractivity contribution in [2.45, 2.75) is 105 Å². The number of methoxy groups -OCH3 is 1. The smallest absolute Gasteiger partial charge is 0.308 e. The Kier molecular flexibility index (Phi) is 13.2. The predicted octanol–water partition coefficient (Wildman–Crippen LogP) is 8.10. The number of amides is 3. The van der Waals surface area contributed by atoms with Gasteiger partial charge in [0.25, 0.3) is 5.91 Å². The molecule has 0 spiro atoms. The zero-order valence-corrected chi connectivity index (χ0v) is 41.1. The van der Waals surface area contributed by atoms with Crippen molar-refractivity contribution in [1.29, 1.82) is 0 Å². The molecule has 16 heteroatoms. The summed E-state index contributed by atoms with van der Waals surface area (Å²) in [5.74, 6) is -0.329. The van der Waals surface area contributed by atoms with Crippen LogP contribution in [0, 0.1) is 40.0 Å². The molecule has 5 atom stereocenters. The Morgan fingerprint density at radius 3 is 2.21 bits per heavy atom. The summed E-state index contributed by atoms with van der Waals surface area (Å²) in [5, 5.41) is 26.6. The molecule has 1 fully saturated rings. The molecular weight excluding hydrogens is 885 g/mol. The number of aliphatic imine (C=N–C) groups is 1. The number of hydrogen-bond acceptors (Lipinski definition) is 12. The van der Waals surface area contributed by atoms with Crippen LogP contribution in [0.15, 0.2) is 77.2 Å². The summed E-state index contributed by atoms with van der Waals surface area (Å²) in [7, 11) is 1.36. The van der Waals surface area contributed by atoms with E-state index in [0.29, 0.717) is 22.8 Å². The van der Waals surface area contributed by atoms with Crippen molar-refractivity contribution < 1.29 is 29.0 Å². The van der Waals surface area contributed by atoms with Crippen LogP contribution in [0.2, 0.25) is 0 Å². The number of nitrogens with one attached hydrogen (secondary N) is 2.